The van der Waals surface area contributed by atoms with Gasteiger partial charge in [-0.2, -0.15) is 0 Å². The predicted octanol–water partition coefficient (Wildman–Crippen LogP) is 0.578. The molecule has 0 spiro atoms. The van der Waals surface area contributed by atoms with E-state index in [-0.39, 0.29) is 5.91 Å². The summed E-state index contributed by atoms with van der Waals surface area (Å²) in [7, 11) is 0. The SMILES string of the molecule is NCCCNC(=O)c1ccc(C=O)cc1. The van der Waals surface area contributed by atoms with Crippen molar-refractivity contribution < 1.29 is 9.59 Å². The van der Waals surface area contributed by atoms with Gasteiger partial charge >= 0.3 is 0 Å². The van der Waals surface area contributed by atoms with Crippen LogP contribution in [0.5, 0.6) is 0 Å². The Kier molecular flexibility index (Phi) is 4.50. The second-order valence-corrected chi connectivity index (χ2v) is 3.14. The van der Waals surface area contributed by atoms with Crippen molar-refractivity contribution in [3.8, 4) is 0 Å². The van der Waals surface area contributed by atoms with Gasteiger partial charge in [-0.3, -0.25) is 9.59 Å². The molecule has 1 rings (SSSR count). The largest absolute Gasteiger partial charge is 0.352 e. The Morgan fingerprint density at radius 1 is 1.33 bits per heavy atom. The molecule has 15 heavy (non-hydrogen) atoms. The van der Waals surface area contributed by atoms with Crippen LogP contribution in [0.2, 0.25) is 0 Å². The molecule has 4 heteroatoms. The molecule has 1 aromatic rings. The smallest absolute Gasteiger partial charge is 0.251 e. The Morgan fingerprint density at radius 3 is 2.53 bits per heavy atom. The minimum Gasteiger partial charge on any atom is -0.352 e. The molecule has 0 saturated heterocycles. The third-order valence-corrected chi connectivity index (χ3v) is 1.98. The third kappa shape index (κ3) is 3.52. The second kappa shape index (κ2) is 5.93. The van der Waals surface area contributed by atoms with Gasteiger partial charge in [-0.1, -0.05) is 12.1 Å². The minimum absolute atomic E-state index is 0.138. The van der Waals surface area contributed by atoms with E-state index in [0.717, 1.165) is 12.7 Å². The number of nitrogens with one attached hydrogen (secondary N) is 1. The summed E-state index contributed by atoms with van der Waals surface area (Å²) in [6, 6.07) is 6.48. The molecular weight excluding hydrogens is 192 g/mol. The molecule has 0 fully saturated rings. The highest BCUT2D eigenvalue weighted by Crippen LogP contribution is 2.02. The quantitative estimate of drug-likeness (QED) is 0.546. The van der Waals surface area contributed by atoms with Crippen molar-refractivity contribution in [2.75, 3.05) is 13.1 Å². The number of carbonyl (C=O) groups excluding carboxylic acids is 2. The van der Waals surface area contributed by atoms with Gasteiger partial charge in [0.25, 0.3) is 5.91 Å². The number of carbonyl (C=O) groups is 2. The Morgan fingerprint density at radius 2 is 2.00 bits per heavy atom. The molecule has 0 aliphatic rings. The summed E-state index contributed by atoms with van der Waals surface area (Å²) in [5.41, 5.74) is 6.42. The Labute approximate surface area is 88.5 Å². The average molecular weight is 206 g/mol. The molecular formula is C11H14N2O2. The summed E-state index contributed by atoms with van der Waals surface area (Å²) in [5.74, 6) is -0.138. The van der Waals surface area contributed by atoms with Crippen molar-refractivity contribution in [1.82, 2.24) is 5.32 Å². The first-order valence-corrected chi connectivity index (χ1v) is 4.81. The van der Waals surface area contributed by atoms with E-state index in [0.29, 0.717) is 24.2 Å². The molecule has 0 aromatic heterocycles. The predicted molar refractivity (Wildman–Crippen MR) is 57.8 cm³/mol. The van der Waals surface area contributed by atoms with E-state index >= 15 is 0 Å². The lowest BCUT2D eigenvalue weighted by molar-refractivity contribution is 0.0953. The van der Waals surface area contributed by atoms with Crippen LogP contribution in [0.15, 0.2) is 24.3 Å². The highest BCUT2D eigenvalue weighted by atomic mass is 16.1. The van der Waals surface area contributed by atoms with E-state index in [1.165, 1.54) is 0 Å². The summed E-state index contributed by atoms with van der Waals surface area (Å²) < 4.78 is 0. The van der Waals surface area contributed by atoms with Gasteiger partial charge < -0.3 is 11.1 Å². The van der Waals surface area contributed by atoms with E-state index in [4.69, 9.17) is 5.73 Å². The van der Waals surface area contributed by atoms with Gasteiger partial charge in [0.1, 0.15) is 6.29 Å². The van der Waals surface area contributed by atoms with Crippen molar-refractivity contribution >= 4 is 12.2 Å². The monoisotopic (exact) mass is 206 g/mol. The number of rotatable bonds is 5. The molecule has 0 aliphatic heterocycles. The number of aldehydes is 1. The summed E-state index contributed by atoms with van der Waals surface area (Å²) >= 11 is 0. The second-order valence-electron chi connectivity index (χ2n) is 3.14. The topological polar surface area (TPSA) is 72.2 Å². The molecule has 1 aromatic carbocycles. The van der Waals surface area contributed by atoms with Gasteiger partial charge in [0.05, 0.1) is 0 Å². The maximum Gasteiger partial charge on any atom is 0.251 e. The number of benzene rings is 1. The molecule has 4 nitrogen and oxygen atoms in total. The van der Waals surface area contributed by atoms with Crippen molar-refractivity contribution in [3.63, 3.8) is 0 Å². The van der Waals surface area contributed by atoms with Crippen LogP contribution in [-0.2, 0) is 0 Å². The molecule has 1 amide bonds. The lowest BCUT2D eigenvalue weighted by Crippen LogP contribution is -2.25. The fourth-order valence-electron chi connectivity index (χ4n) is 1.12. The highest BCUT2D eigenvalue weighted by Gasteiger charge is 2.03. The number of hydrogen-bond acceptors (Lipinski definition) is 3. The van der Waals surface area contributed by atoms with E-state index in [2.05, 4.69) is 5.32 Å². The molecule has 0 heterocycles. The van der Waals surface area contributed by atoms with Crippen LogP contribution >= 0.6 is 0 Å². The van der Waals surface area contributed by atoms with Crippen LogP contribution in [0.4, 0.5) is 0 Å². The first-order chi connectivity index (χ1) is 7.27. The van der Waals surface area contributed by atoms with Crippen LogP contribution in [0, 0.1) is 0 Å². The number of hydrogen-bond donors (Lipinski definition) is 2. The molecule has 0 saturated carbocycles. The van der Waals surface area contributed by atoms with Crippen LogP contribution in [-0.4, -0.2) is 25.3 Å². The molecule has 0 atom stereocenters. The van der Waals surface area contributed by atoms with Crippen molar-refractivity contribution in [1.29, 1.82) is 0 Å². The highest BCUT2D eigenvalue weighted by molar-refractivity contribution is 5.94. The fraction of sp³-hybridized carbons (Fsp3) is 0.273. The van der Waals surface area contributed by atoms with Gasteiger partial charge in [0, 0.05) is 17.7 Å². The van der Waals surface area contributed by atoms with E-state index in [1.807, 2.05) is 0 Å². The zero-order valence-corrected chi connectivity index (χ0v) is 8.40. The van der Waals surface area contributed by atoms with Gasteiger partial charge in [-0.15, -0.1) is 0 Å². The summed E-state index contributed by atoms with van der Waals surface area (Å²) in [6.07, 6.45) is 1.51. The Hall–Kier alpha value is -1.68. The standard InChI is InChI=1S/C11H14N2O2/c12-6-1-7-13-11(15)10-4-2-9(8-14)3-5-10/h2-5,8H,1,6-7,12H2,(H,13,15). The Balaban J connectivity index is 2.54. The molecule has 0 radical (unpaired) electrons. The molecule has 80 valence electrons. The van der Waals surface area contributed by atoms with Crippen molar-refractivity contribution in [2.24, 2.45) is 5.73 Å². The maximum atomic E-state index is 11.5. The van der Waals surface area contributed by atoms with Gasteiger partial charge in [-0.05, 0) is 25.1 Å². The lowest BCUT2D eigenvalue weighted by atomic mass is 10.1. The van der Waals surface area contributed by atoms with Crippen molar-refractivity contribution in [3.05, 3.63) is 35.4 Å². The summed E-state index contributed by atoms with van der Waals surface area (Å²) in [6.45, 7) is 1.13. The van der Waals surface area contributed by atoms with Gasteiger partial charge in [0.15, 0.2) is 0 Å². The zero-order chi connectivity index (χ0) is 11.1. The lowest BCUT2D eigenvalue weighted by Gasteiger charge is -2.03. The average Bonchev–Trinajstić information content (AvgIpc) is 2.29. The van der Waals surface area contributed by atoms with Crippen LogP contribution in [0.25, 0.3) is 0 Å². The zero-order valence-electron chi connectivity index (χ0n) is 8.40. The van der Waals surface area contributed by atoms with Gasteiger partial charge in [0.2, 0.25) is 0 Å². The molecule has 3 N–H and O–H groups in total. The first-order valence-electron chi connectivity index (χ1n) is 4.81. The summed E-state index contributed by atoms with van der Waals surface area (Å²) in [4.78, 5) is 21.9. The first kappa shape index (κ1) is 11.4. The van der Waals surface area contributed by atoms with Crippen LogP contribution < -0.4 is 11.1 Å². The summed E-state index contributed by atoms with van der Waals surface area (Å²) in [5, 5.41) is 2.73. The van der Waals surface area contributed by atoms with E-state index < -0.39 is 0 Å². The fourth-order valence-corrected chi connectivity index (χ4v) is 1.12. The molecule has 0 unspecified atom stereocenters. The van der Waals surface area contributed by atoms with E-state index in [1.54, 1.807) is 24.3 Å². The maximum absolute atomic E-state index is 11.5. The normalized spacial score (nSPS) is 9.67. The number of amides is 1. The molecule has 0 aliphatic carbocycles. The third-order valence-electron chi connectivity index (χ3n) is 1.98. The van der Waals surface area contributed by atoms with E-state index in [9.17, 15) is 9.59 Å². The molecule has 0 bridgehead atoms. The van der Waals surface area contributed by atoms with Crippen LogP contribution in [0.3, 0.4) is 0 Å². The van der Waals surface area contributed by atoms with Crippen LogP contribution in [0.1, 0.15) is 27.1 Å². The van der Waals surface area contributed by atoms with Gasteiger partial charge in [-0.25, -0.2) is 0 Å². The minimum atomic E-state index is -0.138. The Bertz CT molecular complexity index is 333. The van der Waals surface area contributed by atoms with Crippen molar-refractivity contribution in [2.45, 2.75) is 6.42 Å². The number of nitrogens with two attached hydrogens (primary N) is 1.